The average Bonchev–Trinajstić information content (AvgIpc) is 3.41. The molecular weight excluding hydrogens is 592 g/mol. The highest BCUT2D eigenvalue weighted by atomic mass is 32.1. The van der Waals surface area contributed by atoms with Crippen LogP contribution in [0.1, 0.15) is 53.2 Å². The Morgan fingerprint density at radius 2 is 1.79 bits per heavy atom. The topological polar surface area (TPSA) is 112 Å². The third-order valence-electron chi connectivity index (χ3n) is 8.40. The maximum Gasteiger partial charge on any atom is 0.406 e. The highest BCUT2D eigenvalue weighted by Crippen LogP contribution is 2.42. The molecular formula is C28H30F4N6O4S. The van der Waals surface area contributed by atoms with Crippen LogP contribution in [0.4, 0.5) is 17.6 Å². The smallest absolute Gasteiger partial charge is 0.406 e. The summed E-state index contributed by atoms with van der Waals surface area (Å²) in [6, 6.07) is 5.92. The van der Waals surface area contributed by atoms with Gasteiger partial charge in [-0.15, -0.1) is 10.2 Å². The molecule has 230 valence electrons. The fraction of sp³-hybridized carbons (Fsp3) is 0.464. The van der Waals surface area contributed by atoms with Gasteiger partial charge in [0.2, 0.25) is 11.3 Å². The molecule has 2 aliphatic rings. The van der Waals surface area contributed by atoms with Crippen LogP contribution in [0.15, 0.2) is 35.3 Å². The Bertz CT molecular complexity index is 1600. The van der Waals surface area contributed by atoms with Crippen molar-refractivity contribution in [3.8, 4) is 16.3 Å². The Labute approximate surface area is 248 Å². The number of hydrogen-bond acceptors (Lipinski definition) is 8. The molecule has 1 saturated carbocycles. The minimum absolute atomic E-state index is 0.0322. The molecule has 1 N–H and O–H groups in total. The normalized spacial score (nSPS) is 20.4. The predicted octanol–water partition coefficient (Wildman–Crippen LogP) is 3.75. The van der Waals surface area contributed by atoms with E-state index in [-0.39, 0.29) is 34.4 Å². The van der Waals surface area contributed by atoms with E-state index in [2.05, 4.69) is 10.2 Å². The zero-order chi connectivity index (χ0) is 31.3. The van der Waals surface area contributed by atoms with Crippen molar-refractivity contribution in [3.63, 3.8) is 0 Å². The first-order chi connectivity index (χ1) is 20.2. The van der Waals surface area contributed by atoms with E-state index < -0.39 is 41.4 Å². The summed E-state index contributed by atoms with van der Waals surface area (Å²) in [5, 5.41) is 21.8. The number of fused-ring (bicyclic) bond motifs is 1. The Kier molecular flexibility index (Phi) is 7.96. The van der Waals surface area contributed by atoms with E-state index >= 15 is 0 Å². The summed E-state index contributed by atoms with van der Waals surface area (Å²) in [7, 11) is 4.44. The van der Waals surface area contributed by atoms with Crippen molar-refractivity contribution in [2.75, 3.05) is 32.7 Å². The molecule has 2 amide bonds. The van der Waals surface area contributed by atoms with Gasteiger partial charge in [0.25, 0.3) is 5.91 Å². The summed E-state index contributed by atoms with van der Waals surface area (Å²) in [6.45, 7) is -1.31. The molecule has 3 heterocycles. The number of hydrogen-bond donors (Lipinski definition) is 1. The number of halogens is 4. The summed E-state index contributed by atoms with van der Waals surface area (Å²) < 4.78 is 52.9. The van der Waals surface area contributed by atoms with Crippen molar-refractivity contribution in [2.24, 2.45) is 5.92 Å². The quantitative estimate of drug-likeness (QED) is 0.417. The van der Waals surface area contributed by atoms with E-state index in [4.69, 9.17) is 0 Å². The monoisotopic (exact) mass is 622 g/mol. The maximum atomic E-state index is 13.5. The number of nitrogens with zero attached hydrogens (tertiary/aromatic N) is 6. The van der Waals surface area contributed by atoms with Crippen LogP contribution in [0.5, 0.6) is 5.75 Å². The van der Waals surface area contributed by atoms with Gasteiger partial charge in [-0.1, -0.05) is 23.5 Å². The summed E-state index contributed by atoms with van der Waals surface area (Å²) in [4.78, 5) is 41.3. The van der Waals surface area contributed by atoms with E-state index in [1.54, 1.807) is 31.2 Å². The molecule has 10 nitrogen and oxygen atoms in total. The largest absolute Gasteiger partial charge is 0.502 e. The van der Waals surface area contributed by atoms with Crippen molar-refractivity contribution in [1.29, 1.82) is 0 Å². The predicted molar refractivity (Wildman–Crippen MR) is 150 cm³/mol. The number of alkyl halides is 3. The molecule has 0 bridgehead atoms. The zero-order valence-corrected chi connectivity index (χ0v) is 24.5. The van der Waals surface area contributed by atoms with Crippen LogP contribution in [-0.2, 0) is 11.2 Å². The maximum absolute atomic E-state index is 13.5. The lowest BCUT2D eigenvalue weighted by molar-refractivity contribution is -0.159. The van der Waals surface area contributed by atoms with Crippen molar-refractivity contribution in [3.05, 3.63) is 62.8 Å². The Morgan fingerprint density at radius 1 is 1.14 bits per heavy atom. The lowest BCUT2D eigenvalue weighted by atomic mass is 9.78. The first kappa shape index (κ1) is 30.4. The first-order valence-electron chi connectivity index (χ1n) is 13.6. The van der Waals surface area contributed by atoms with E-state index in [9.17, 15) is 37.1 Å². The van der Waals surface area contributed by atoms with Gasteiger partial charge in [0.1, 0.15) is 23.0 Å². The van der Waals surface area contributed by atoms with Gasteiger partial charge in [0, 0.05) is 40.2 Å². The molecule has 1 fully saturated rings. The van der Waals surface area contributed by atoms with Crippen LogP contribution in [-0.4, -0.2) is 81.1 Å². The Hall–Kier alpha value is -4.01. The van der Waals surface area contributed by atoms with Crippen LogP contribution >= 0.6 is 11.3 Å². The van der Waals surface area contributed by atoms with Crippen LogP contribution < -0.4 is 10.4 Å². The number of pyridine rings is 1. The lowest BCUT2D eigenvalue weighted by Crippen LogP contribution is -2.69. The number of amides is 2. The number of rotatable bonds is 6. The molecule has 1 aliphatic carbocycles. The molecule has 1 spiro atoms. The SMILES string of the molecule is CN(CC(F)(F)F)C(=O)CC1CCC2(CC1)N(C)C(=O)c1c(O)c(=O)c(-c3nnc(Cc4ccc(F)cc4)s3)cn1N2C. The average molecular weight is 623 g/mol. The molecule has 43 heavy (non-hydrogen) atoms. The highest BCUT2D eigenvalue weighted by molar-refractivity contribution is 7.14. The molecule has 5 rings (SSSR count). The highest BCUT2D eigenvalue weighted by Gasteiger charge is 2.50. The zero-order valence-electron chi connectivity index (χ0n) is 23.7. The molecule has 2 aromatic heterocycles. The number of carbonyl (C=O) groups excluding carboxylic acids is 2. The number of aromatic hydroxyl groups is 1. The molecule has 0 unspecified atom stereocenters. The second-order valence-corrected chi connectivity index (χ2v) is 12.2. The van der Waals surface area contributed by atoms with Crippen molar-refractivity contribution in [1.82, 2.24) is 24.7 Å². The second kappa shape index (κ2) is 11.2. The van der Waals surface area contributed by atoms with E-state index in [1.165, 1.54) is 27.9 Å². The van der Waals surface area contributed by atoms with Crippen LogP contribution in [0.25, 0.3) is 10.6 Å². The van der Waals surface area contributed by atoms with Gasteiger partial charge in [-0.3, -0.25) is 24.1 Å². The van der Waals surface area contributed by atoms with Gasteiger partial charge >= 0.3 is 6.18 Å². The fourth-order valence-corrected chi connectivity index (χ4v) is 6.80. The molecule has 1 aromatic carbocycles. The minimum Gasteiger partial charge on any atom is -0.502 e. The number of aromatic nitrogens is 3. The Balaban J connectivity index is 1.38. The van der Waals surface area contributed by atoms with Gasteiger partial charge in [0.05, 0.1) is 5.56 Å². The van der Waals surface area contributed by atoms with Gasteiger partial charge in [-0.05, 0) is 49.3 Å². The number of carbonyl (C=O) groups is 2. The molecule has 15 heteroatoms. The fourth-order valence-electron chi connectivity index (χ4n) is 5.92. The van der Waals surface area contributed by atoms with Crippen LogP contribution in [0.3, 0.4) is 0 Å². The third-order valence-corrected chi connectivity index (χ3v) is 9.36. The van der Waals surface area contributed by atoms with Gasteiger partial charge < -0.3 is 14.9 Å². The standard InChI is InChI=1S/C28H30F4N6O4S/c1-35(15-28(30,31)32)21(39)13-17-8-10-27(11-9-17)36(2)26(42)22-24(41)23(40)19(14-38(22)37(27)3)25-34-33-20(43-25)12-16-4-6-18(29)7-5-16/h4-7,14,17,41H,8-13,15H2,1-3H3. The molecule has 1 aliphatic heterocycles. The molecule has 0 atom stereocenters. The van der Waals surface area contributed by atoms with Crippen molar-refractivity contribution >= 4 is 23.2 Å². The molecule has 0 saturated heterocycles. The van der Waals surface area contributed by atoms with Gasteiger partial charge in [-0.25, -0.2) is 4.39 Å². The summed E-state index contributed by atoms with van der Waals surface area (Å²) in [6.07, 6.45) is -0.922. The van der Waals surface area contributed by atoms with E-state index in [1.807, 2.05) is 0 Å². The third kappa shape index (κ3) is 5.82. The minimum atomic E-state index is -4.48. The summed E-state index contributed by atoms with van der Waals surface area (Å²) in [5.41, 5.74) is -0.988. The van der Waals surface area contributed by atoms with Crippen molar-refractivity contribution < 1.29 is 32.3 Å². The van der Waals surface area contributed by atoms with Crippen LogP contribution in [0.2, 0.25) is 0 Å². The molecule has 0 radical (unpaired) electrons. The second-order valence-electron chi connectivity index (χ2n) is 11.1. The van der Waals surface area contributed by atoms with Gasteiger partial charge in [0.15, 0.2) is 16.5 Å². The lowest BCUT2D eigenvalue weighted by Gasteiger charge is -2.55. The van der Waals surface area contributed by atoms with Crippen molar-refractivity contribution in [2.45, 2.75) is 50.4 Å². The van der Waals surface area contributed by atoms with E-state index in [0.29, 0.717) is 42.0 Å². The van der Waals surface area contributed by atoms with E-state index in [0.717, 1.165) is 23.9 Å². The summed E-state index contributed by atoms with van der Waals surface area (Å²) in [5.74, 6) is -2.40. The Morgan fingerprint density at radius 3 is 2.42 bits per heavy atom. The van der Waals surface area contributed by atoms with Gasteiger partial charge in [-0.2, -0.15) is 13.2 Å². The van der Waals surface area contributed by atoms with Crippen LogP contribution in [0, 0.1) is 11.7 Å². The molecule has 3 aromatic rings. The first-order valence-corrected chi connectivity index (χ1v) is 14.4. The number of benzene rings is 1. The summed E-state index contributed by atoms with van der Waals surface area (Å²) >= 11 is 1.14.